The van der Waals surface area contributed by atoms with Gasteiger partial charge in [-0.1, -0.05) is 37.0 Å². The van der Waals surface area contributed by atoms with Crippen LogP contribution in [-0.4, -0.2) is 53.1 Å². The Morgan fingerprint density at radius 1 is 1.08 bits per heavy atom. The predicted octanol–water partition coefficient (Wildman–Crippen LogP) is 4.97. The van der Waals surface area contributed by atoms with E-state index < -0.39 is 17.8 Å². The summed E-state index contributed by atoms with van der Waals surface area (Å²) in [4.78, 5) is 27.4. The summed E-state index contributed by atoms with van der Waals surface area (Å²) in [6, 6.07) is 10.3. The maximum absolute atomic E-state index is 13.9. The fraction of sp³-hybridized carbons (Fsp3) is 0.308. The molecule has 1 aromatic heterocycles. The first-order valence-corrected chi connectivity index (χ1v) is 12.7. The van der Waals surface area contributed by atoms with E-state index in [-0.39, 0.29) is 38.8 Å². The van der Waals surface area contributed by atoms with Gasteiger partial charge in [0, 0.05) is 41.0 Å². The van der Waals surface area contributed by atoms with Gasteiger partial charge >= 0.3 is 0 Å². The maximum atomic E-state index is 13.9. The lowest BCUT2D eigenvalue weighted by Gasteiger charge is -2.19. The molecule has 2 aromatic carbocycles. The molecule has 0 aliphatic carbocycles. The summed E-state index contributed by atoms with van der Waals surface area (Å²) in [5.41, 5.74) is 6.95. The molecule has 202 valence electrons. The van der Waals surface area contributed by atoms with E-state index in [0.29, 0.717) is 17.8 Å². The van der Waals surface area contributed by atoms with Crippen molar-refractivity contribution in [3.8, 4) is 5.75 Å². The normalized spacial score (nSPS) is 11.8. The van der Waals surface area contributed by atoms with Gasteiger partial charge in [0.2, 0.25) is 0 Å². The minimum absolute atomic E-state index is 0.0470. The number of anilines is 2. The van der Waals surface area contributed by atoms with Gasteiger partial charge in [-0.05, 0) is 56.4 Å². The van der Waals surface area contributed by atoms with E-state index in [0.717, 1.165) is 25.7 Å². The molecule has 4 N–H and O–H groups in total. The van der Waals surface area contributed by atoms with E-state index >= 15 is 0 Å². The van der Waals surface area contributed by atoms with E-state index in [1.54, 1.807) is 31.2 Å². The summed E-state index contributed by atoms with van der Waals surface area (Å²) in [7, 11) is 0. The third-order valence-electron chi connectivity index (χ3n) is 5.82. The molecule has 2 amide bonds. The molecule has 38 heavy (non-hydrogen) atoms. The summed E-state index contributed by atoms with van der Waals surface area (Å²) in [5, 5.41) is 13.2. The number of likely N-dealkylation sites (N-methyl/N-ethyl adjacent to an activating group) is 1. The molecule has 0 aliphatic heterocycles. The molecule has 12 heteroatoms. The zero-order valence-electron chi connectivity index (χ0n) is 21.2. The lowest BCUT2D eigenvalue weighted by Crippen LogP contribution is -2.34. The van der Waals surface area contributed by atoms with Crippen LogP contribution in [0.1, 0.15) is 53.3 Å². The van der Waals surface area contributed by atoms with E-state index in [2.05, 4.69) is 39.6 Å². The number of benzene rings is 2. The summed E-state index contributed by atoms with van der Waals surface area (Å²) >= 11 is 12.2. The monoisotopic (exact) mass is 562 g/mol. The Hall–Kier alpha value is -3.47. The molecular formula is C26H29Cl2FN6O3. The van der Waals surface area contributed by atoms with Crippen molar-refractivity contribution in [2.75, 3.05) is 37.2 Å². The number of nitrogen functional groups attached to an aromatic ring is 1. The van der Waals surface area contributed by atoms with Crippen LogP contribution in [-0.2, 0) is 0 Å². The molecular weight excluding hydrogens is 534 g/mol. The fourth-order valence-electron chi connectivity index (χ4n) is 3.62. The molecule has 1 heterocycles. The Kier molecular flexibility index (Phi) is 10.2. The smallest absolute Gasteiger partial charge is 0.276 e. The van der Waals surface area contributed by atoms with Crippen LogP contribution < -0.4 is 21.1 Å². The lowest BCUT2D eigenvalue weighted by molar-refractivity contribution is 0.0948. The van der Waals surface area contributed by atoms with Crippen molar-refractivity contribution in [3.63, 3.8) is 0 Å². The van der Waals surface area contributed by atoms with Crippen molar-refractivity contribution >= 4 is 46.5 Å². The Balaban J connectivity index is 1.65. The molecule has 0 radical (unpaired) electrons. The molecule has 0 saturated heterocycles. The van der Waals surface area contributed by atoms with Crippen LogP contribution in [0.15, 0.2) is 42.5 Å². The summed E-state index contributed by atoms with van der Waals surface area (Å²) < 4.78 is 19.7. The van der Waals surface area contributed by atoms with Crippen molar-refractivity contribution in [3.05, 3.63) is 75.1 Å². The second-order valence-electron chi connectivity index (χ2n) is 8.31. The van der Waals surface area contributed by atoms with E-state index in [4.69, 9.17) is 33.7 Å². The number of aromatic nitrogens is 2. The van der Waals surface area contributed by atoms with Gasteiger partial charge in [-0.15, -0.1) is 10.2 Å². The third-order valence-corrected chi connectivity index (χ3v) is 6.53. The van der Waals surface area contributed by atoms with Crippen molar-refractivity contribution in [1.29, 1.82) is 0 Å². The Bertz CT molecular complexity index is 1290. The SMILES string of the molecule is CCN(CC)CCNC(=O)c1ccc(NC(=O)c2cc(O[C@H](C)c3c(Cl)ccc(F)c3Cl)c(N)nn2)cc1. The van der Waals surface area contributed by atoms with Crippen LogP contribution in [0.25, 0.3) is 0 Å². The molecule has 0 saturated carbocycles. The number of ether oxygens (including phenoxy) is 1. The first-order chi connectivity index (χ1) is 18.1. The molecule has 0 spiro atoms. The second-order valence-corrected chi connectivity index (χ2v) is 9.10. The van der Waals surface area contributed by atoms with E-state index in [1.165, 1.54) is 12.1 Å². The van der Waals surface area contributed by atoms with Crippen molar-refractivity contribution in [2.45, 2.75) is 26.9 Å². The van der Waals surface area contributed by atoms with Gasteiger partial charge in [-0.2, -0.15) is 0 Å². The van der Waals surface area contributed by atoms with Gasteiger partial charge in [0.1, 0.15) is 11.9 Å². The zero-order chi connectivity index (χ0) is 27.8. The van der Waals surface area contributed by atoms with E-state index in [9.17, 15) is 14.0 Å². The molecule has 0 aliphatic rings. The highest BCUT2D eigenvalue weighted by Gasteiger charge is 2.21. The number of halogens is 3. The van der Waals surface area contributed by atoms with E-state index in [1.807, 2.05) is 0 Å². The number of amides is 2. The van der Waals surface area contributed by atoms with Gasteiger partial charge in [-0.25, -0.2) is 4.39 Å². The second kappa shape index (κ2) is 13.4. The van der Waals surface area contributed by atoms with Crippen molar-refractivity contribution < 1.29 is 18.7 Å². The van der Waals surface area contributed by atoms with Crippen LogP contribution in [0.2, 0.25) is 10.0 Å². The average Bonchev–Trinajstić information content (AvgIpc) is 2.90. The number of nitrogens with zero attached hydrogens (tertiary/aromatic N) is 3. The molecule has 3 rings (SSSR count). The van der Waals surface area contributed by atoms with Crippen LogP contribution in [0.4, 0.5) is 15.9 Å². The van der Waals surface area contributed by atoms with Crippen molar-refractivity contribution in [1.82, 2.24) is 20.4 Å². The zero-order valence-corrected chi connectivity index (χ0v) is 22.7. The standard InChI is InChI=1S/C26H29Cl2FN6O3/c1-4-35(5-2)13-12-31-25(36)16-6-8-17(9-7-16)32-26(37)20-14-21(24(30)34-33-20)38-15(3)22-18(27)10-11-19(29)23(22)28/h6-11,14-15H,4-5,12-13H2,1-3H3,(H2,30,34)(H,31,36)(H,32,37)/t15-/m1/s1. The van der Waals surface area contributed by atoms with Gasteiger partial charge in [0.15, 0.2) is 17.3 Å². The Morgan fingerprint density at radius 3 is 2.42 bits per heavy atom. The number of hydrogen-bond acceptors (Lipinski definition) is 7. The van der Waals surface area contributed by atoms with Gasteiger partial charge in [0.25, 0.3) is 11.8 Å². The molecule has 3 aromatic rings. The third kappa shape index (κ3) is 7.31. The number of nitrogens with two attached hydrogens (primary N) is 1. The number of carbonyl (C=O) groups is 2. The molecule has 0 fully saturated rings. The van der Waals surface area contributed by atoms with Crippen LogP contribution >= 0.6 is 23.2 Å². The summed E-state index contributed by atoms with van der Waals surface area (Å²) in [6.45, 7) is 8.89. The Morgan fingerprint density at radius 2 is 1.76 bits per heavy atom. The molecule has 1 atom stereocenters. The maximum Gasteiger partial charge on any atom is 0.276 e. The average molecular weight is 563 g/mol. The highest BCUT2D eigenvalue weighted by molar-refractivity contribution is 6.36. The van der Waals surface area contributed by atoms with Crippen LogP contribution in [0.5, 0.6) is 5.75 Å². The predicted molar refractivity (Wildman–Crippen MR) is 146 cm³/mol. The minimum Gasteiger partial charge on any atom is -0.482 e. The number of carbonyl (C=O) groups excluding carboxylic acids is 2. The molecule has 9 nitrogen and oxygen atoms in total. The number of nitrogens with one attached hydrogen (secondary N) is 2. The van der Waals surface area contributed by atoms with Gasteiger partial charge in [0.05, 0.1) is 5.02 Å². The van der Waals surface area contributed by atoms with Crippen molar-refractivity contribution in [2.24, 2.45) is 0 Å². The number of hydrogen-bond donors (Lipinski definition) is 3. The van der Waals surface area contributed by atoms with Gasteiger partial charge in [-0.3, -0.25) is 9.59 Å². The fourth-order valence-corrected chi connectivity index (χ4v) is 4.30. The largest absolute Gasteiger partial charge is 0.482 e. The number of rotatable bonds is 11. The Labute approximate surface area is 230 Å². The highest BCUT2D eigenvalue weighted by atomic mass is 35.5. The van der Waals surface area contributed by atoms with Crippen LogP contribution in [0.3, 0.4) is 0 Å². The van der Waals surface area contributed by atoms with Crippen LogP contribution in [0, 0.1) is 5.82 Å². The molecule has 0 unspecified atom stereocenters. The highest BCUT2D eigenvalue weighted by Crippen LogP contribution is 2.35. The first kappa shape index (κ1) is 29.1. The lowest BCUT2D eigenvalue weighted by atomic mass is 10.1. The quantitative estimate of drug-likeness (QED) is 0.282. The summed E-state index contributed by atoms with van der Waals surface area (Å²) in [6.07, 6.45) is -0.807. The minimum atomic E-state index is -0.807. The summed E-state index contributed by atoms with van der Waals surface area (Å²) in [5.74, 6) is -1.45. The topological polar surface area (TPSA) is 122 Å². The molecule has 0 bridgehead atoms. The van der Waals surface area contributed by atoms with Gasteiger partial charge < -0.3 is 26.0 Å². The first-order valence-electron chi connectivity index (χ1n) is 12.0.